The van der Waals surface area contributed by atoms with Gasteiger partial charge in [0.25, 0.3) is 0 Å². The first-order chi connectivity index (χ1) is 8.86. The van der Waals surface area contributed by atoms with Gasteiger partial charge in [-0.3, -0.25) is 0 Å². The first-order valence-corrected chi connectivity index (χ1v) is 5.62. The monoisotopic (exact) mass is 277 g/mol. The average molecular weight is 277 g/mol. The fourth-order valence-electron chi connectivity index (χ4n) is 1.49. The van der Waals surface area contributed by atoms with E-state index in [9.17, 15) is 18.0 Å². The summed E-state index contributed by atoms with van der Waals surface area (Å²) in [4.78, 5) is 10.7. The fraction of sp³-hybridized carbons (Fsp3) is 0.417. The van der Waals surface area contributed by atoms with E-state index in [2.05, 4.69) is 5.32 Å². The summed E-state index contributed by atoms with van der Waals surface area (Å²) in [5, 5.41) is 11.5. The van der Waals surface area contributed by atoms with Crippen LogP contribution in [0.25, 0.3) is 0 Å². The van der Waals surface area contributed by atoms with Crippen LogP contribution in [0.5, 0.6) is 0 Å². The van der Waals surface area contributed by atoms with Crippen molar-refractivity contribution in [1.82, 2.24) is 0 Å². The van der Waals surface area contributed by atoms with E-state index in [4.69, 9.17) is 9.84 Å². The quantitative estimate of drug-likeness (QED) is 0.785. The lowest BCUT2D eigenvalue weighted by molar-refractivity contribution is -0.138. The molecule has 7 heteroatoms. The topological polar surface area (TPSA) is 58.6 Å². The largest absolute Gasteiger partial charge is 0.478 e. The molecule has 1 rings (SSSR count). The van der Waals surface area contributed by atoms with E-state index in [0.29, 0.717) is 19.8 Å². The van der Waals surface area contributed by atoms with E-state index in [-0.39, 0.29) is 5.69 Å². The second kappa shape index (κ2) is 6.42. The highest BCUT2D eigenvalue weighted by Gasteiger charge is 2.35. The molecular formula is C12H14F3NO3. The predicted octanol–water partition coefficient (Wildman–Crippen LogP) is 2.85. The van der Waals surface area contributed by atoms with Crippen LogP contribution in [0.1, 0.15) is 22.8 Å². The molecule has 0 heterocycles. The van der Waals surface area contributed by atoms with E-state index >= 15 is 0 Å². The number of carboxylic acid groups (broad SMARTS) is 1. The Hall–Kier alpha value is -1.76. The molecule has 0 saturated carbocycles. The zero-order valence-corrected chi connectivity index (χ0v) is 10.3. The minimum Gasteiger partial charge on any atom is -0.478 e. The van der Waals surface area contributed by atoms with Gasteiger partial charge in [-0.2, -0.15) is 13.2 Å². The lowest BCUT2D eigenvalue weighted by atomic mass is 10.1. The van der Waals surface area contributed by atoms with Crippen molar-refractivity contribution in [2.24, 2.45) is 0 Å². The van der Waals surface area contributed by atoms with Gasteiger partial charge < -0.3 is 15.2 Å². The number of benzene rings is 1. The number of ether oxygens (including phenoxy) is 1. The van der Waals surface area contributed by atoms with Crippen molar-refractivity contribution in [3.8, 4) is 0 Å². The first-order valence-electron chi connectivity index (χ1n) is 5.62. The lowest BCUT2D eigenvalue weighted by Gasteiger charge is -2.13. The second-order valence-electron chi connectivity index (χ2n) is 3.69. The molecule has 0 unspecified atom stereocenters. The van der Waals surface area contributed by atoms with Gasteiger partial charge >= 0.3 is 12.1 Å². The summed E-state index contributed by atoms with van der Waals surface area (Å²) in [6, 6.07) is 3.02. The Labute approximate surface area is 108 Å². The van der Waals surface area contributed by atoms with Crippen LogP contribution in [0.3, 0.4) is 0 Å². The normalized spacial score (nSPS) is 11.4. The van der Waals surface area contributed by atoms with Gasteiger partial charge in [0.05, 0.1) is 17.7 Å². The van der Waals surface area contributed by atoms with Crippen molar-refractivity contribution in [2.75, 3.05) is 25.1 Å². The Morgan fingerprint density at radius 1 is 1.42 bits per heavy atom. The van der Waals surface area contributed by atoms with Gasteiger partial charge in [0.1, 0.15) is 0 Å². The number of carboxylic acids is 1. The molecule has 1 aromatic carbocycles. The molecule has 0 atom stereocenters. The molecule has 0 aromatic heterocycles. The Balaban J connectivity index is 2.90. The summed E-state index contributed by atoms with van der Waals surface area (Å²) in [7, 11) is 0. The van der Waals surface area contributed by atoms with Crippen LogP contribution in [0.2, 0.25) is 0 Å². The third-order valence-corrected chi connectivity index (χ3v) is 2.34. The van der Waals surface area contributed by atoms with Gasteiger partial charge in [-0.25, -0.2) is 4.79 Å². The van der Waals surface area contributed by atoms with Gasteiger partial charge in [0, 0.05) is 18.8 Å². The minimum absolute atomic E-state index is 0.206. The molecular weight excluding hydrogens is 263 g/mol. The van der Waals surface area contributed by atoms with Gasteiger partial charge in [-0.05, 0) is 25.1 Å². The van der Waals surface area contributed by atoms with Crippen LogP contribution in [0, 0.1) is 0 Å². The molecule has 0 fully saturated rings. The number of carbonyl (C=O) groups is 1. The van der Waals surface area contributed by atoms with Crippen LogP contribution >= 0.6 is 0 Å². The first kappa shape index (κ1) is 15.3. The zero-order valence-electron chi connectivity index (χ0n) is 10.3. The van der Waals surface area contributed by atoms with Crippen LogP contribution in [0.15, 0.2) is 18.2 Å². The fourth-order valence-corrected chi connectivity index (χ4v) is 1.49. The van der Waals surface area contributed by atoms with Crippen molar-refractivity contribution in [3.63, 3.8) is 0 Å². The Morgan fingerprint density at radius 3 is 2.63 bits per heavy atom. The predicted molar refractivity (Wildman–Crippen MR) is 63.4 cm³/mol. The molecule has 0 radical (unpaired) electrons. The van der Waals surface area contributed by atoms with Crippen LogP contribution in [0.4, 0.5) is 18.9 Å². The molecule has 0 aliphatic rings. The number of alkyl halides is 3. The van der Waals surface area contributed by atoms with E-state index in [1.807, 2.05) is 6.92 Å². The summed E-state index contributed by atoms with van der Waals surface area (Å²) in [6.07, 6.45) is -4.70. The molecule has 106 valence electrons. The lowest BCUT2D eigenvalue weighted by Crippen LogP contribution is -2.15. The minimum atomic E-state index is -4.70. The zero-order chi connectivity index (χ0) is 14.5. The molecule has 0 aliphatic carbocycles. The van der Waals surface area contributed by atoms with Crippen LogP contribution in [-0.4, -0.2) is 30.8 Å². The standard InChI is InChI=1S/C12H14F3NO3/c1-2-19-6-5-16-8-3-4-9(11(17)18)10(7-8)12(13,14)15/h3-4,7,16H,2,5-6H2,1H3,(H,17,18). The van der Waals surface area contributed by atoms with Crippen molar-refractivity contribution >= 4 is 11.7 Å². The van der Waals surface area contributed by atoms with E-state index in [1.165, 1.54) is 6.07 Å². The van der Waals surface area contributed by atoms with Crippen LogP contribution < -0.4 is 5.32 Å². The van der Waals surface area contributed by atoms with E-state index < -0.39 is 23.3 Å². The van der Waals surface area contributed by atoms with Gasteiger partial charge in [-0.15, -0.1) is 0 Å². The maximum atomic E-state index is 12.7. The average Bonchev–Trinajstić information content (AvgIpc) is 2.33. The molecule has 19 heavy (non-hydrogen) atoms. The molecule has 0 bridgehead atoms. The van der Waals surface area contributed by atoms with Crippen molar-refractivity contribution < 1.29 is 27.8 Å². The Bertz CT molecular complexity index is 446. The summed E-state index contributed by atoms with van der Waals surface area (Å²) < 4.78 is 43.2. The molecule has 0 saturated heterocycles. The number of rotatable bonds is 6. The second-order valence-corrected chi connectivity index (χ2v) is 3.69. The molecule has 0 aliphatic heterocycles. The molecule has 2 N–H and O–H groups in total. The van der Waals surface area contributed by atoms with Crippen molar-refractivity contribution in [2.45, 2.75) is 13.1 Å². The summed E-state index contributed by atoms with van der Waals surface area (Å²) in [5.74, 6) is -1.60. The highest BCUT2D eigenvalue weighted by atomic mass is 19.4. The van der Waals surface area contributed by atoms with E-state index in [0.717, 1.165) is 12.1 Å². The summed E-state index contributed by atoms with van der Waals surface area (Å²) in [5.41, 5.74) is -1.72. The number of aromatic carboxylic acids is 1. The number of anilines is 1. The maximum Gasteiger partial charge on any atom is 0.417 e. The highest BCUT2D eigenvalue weighted by molar-refractivity contribution is 5.90. The van der Waals surface area contributed by atoms with Crippen molar-refractivity contribution in [3.05, 3.63) is 29.3 Å². The number of halogens is 3. The third-order valence-electron chi connectivity index (χ3n) is 2.34. The third kappa shape index (κ3) is 4.44. The van der Waals surface area contributed by atoms with Crippen LogP contribution in [-0.2, 0) is 10.9 Å². The highest BCUT2D eigenvalue weighted by Crippen LogP contribution is 2.33. The molecule has 4 nitrogen and oxygen atoms in total. The summed E-state index contributed by atoms with van der Waals surface area (Å²) in [6.45, 7) is 3.03. The molecule has 0 spiro atoms. The number of hydrogen-bond donors (Lipinski definition) is 2. The van der Waals surface area contributed by atoms with Gasteiger partial charge in [-0.1, -0.05) is 0 Å². The SMILES string of the molecule is CCOCCNc1ccc(C(=O)O)c(C(F)(F)F)c1. The van der Waals surface area contributed by atoms with Gasteiger partial charge in [0.2, 0.25) is 0 Å². The molecule has 1 aromatic rings. The Morgan fingerprint density at radius 2 is 2.11 bits per heavy atom. The molecule has 0 amide bonds. The smallest absolute Gasteiger partial charge is 0.417 e. The Kier molecular flexibility index (Phi) is 5.17. The maximum absolute atomic E-state index is 12.7. The number of hydrogen-bond acceptors (Lipinski definition) is 3. The summed E-state index contributed by atoms with van der Waals surface area (Å²) >= 11 is 0. The number of nitrogens with one attached hydrogen (secondary N) is 1. The van der Waals surface area contributed by atoms with Crippen molar-refractivity contribution in [1.29, 1.82) is 0 Å². The van der Waals surface area contributed by atoms with Gasteiger partial charge in [0.15, 0.2) is 0 Å². The van der Waals surface area contributed by atoms with E-state index in [1.54, 1.807) is 0 Å².